The second kappa shape index (κ2) is 11.2. The van der Waals surface area contributed by atoms with Crippen molar-refractivity contribution in [1.82, 2.24) is 9.80 Å². The first-order valence-electron chi connectivity index (χ1n) is 12.4. The summed E-state index contributed by atoms with van der Waals surface area (Å²) in [4.78, 5) is 31.6. The number of nitrogens with one attached hydrogen (secondary N) is 1. The standard InChI is InChI=1S/C27H36N4O6/c1-17-13-31(18(2)15-32)26(33)11-19-10-21(29(3)4)7-9-22(19)37-25(17)14-30(5)27(34)28-20-6-8-23-24(12-20)36-16-35-23/h6-10,12,17-18,25,32H,11,13-16H2,1-5H3,(H,28,34)/t17-,18-,25-/m1/s1. The van der Waals surface area contributed by atoms with Crippen molar-refractivity contribution in [1.29, 1.82) is 0 Å². The molecule has 0 spiro atoms. The molecule has 0 aliphatic carbocycles. The number of nitrogens with zero attached hydrogens (tertiary/aromatic N) is 3. The molecule has 3 atom stereocenters. The maximum atomic E-state index is 13.3. The topological polar surface area (TPSA) is 104 Å². The molecule has 2 aliphatic rings. The van der Waals surface area contributed by atoms with Gasteiger partial charge in [0.05, 0.1) is 25.6 Å². The number of aliphatic hydroxyl groups excluding tert-OH is 1. The Morgan fingerprint density at radius 1 is 1.14 bits per heavy atom. The van der Waals surface area contributed by atoms with Crippen molar-refractivity contribution in [3.8, 4) is 17.2 Å². The molecule has 10 nitrogen and oxygen atoms in total. The number of likely N-dealkylation sites (N-methyl/N-ethyl adjacent to an activating group) is 1. The van der Waals surface area contributed by atoms with Gasteiger partial charge in [0.1, 0.15) is 11.9 Å². The second-order valence-electron chi connectivity index (χ2n) is 9.95. The molecule has 10 heteroatoms. The zero-order valence-electron chi connectivity index (χ0n) is 22.1. The highest BCUT2D eigenvalue weighted by Gasteiger charge is 2.32. The molecule has 0 aromatic heterocycles. The van der Waals surface area contributed by atoms with Crippen LogP contribution in [0.3, 0.4) is 0 Å². The summed E-state index contributed by atoms with van der Waals surface area (Å²) in [6.45, 7) is 4.56. The fourth-order valence-corrected chi connectivity index (χ4v) is 4.46. The fourth-order valence-electron chi connectivity index (χ4n) is 4.46. The summed E-state index contributed by atoms with van der Waals surface area (Å²) in [6.07, 6.45) is -0.225. The lowest BCUT2D eigenvalue weighted by atomic mass is 10.0. The van der Waals surface area contributed by atoms with Crippen molar-refractivity contribution >= 4 is 23.3 Å². The molecule has 0 unspecified atom stereocenters. The number of aliphatic hydroxyl groups is 1. The molecule has 3 amide bonds. The number of hydrogen-bond donors (Lipinski definition) is 2. The van der Waals surface area contributed by atoms with Gasteiger partial charge >= 0.3 is 6.03 Å². The Kier molecular flexibility index (Phi) is 7.97. The van der Waals surface area contributed by atoms with Crippen LogP contribution in [0.4, 0.5) is 16.2 Å². The van der Waals surface area contributed by atoms with Gasteiger partial charge in [-0.05, 0) is 37.3 Å². The molecule has 0 radical (unpaired) electrons. The van der Waals surface area contributed by atoms with E-state index in [2.05, 4.69) is 5.32 Å². The molecule has 4 rings (SSSR count). The lowest BCUT2D eigenvalue weighted by Gasteiger charge is -2.34. The highest BCUT2D eigenvalue weighted by atomic mass is 16.7. The van der Waals surface area contributed by atoms with Crippen LogP contribution < -0.4 is 24.4 Å². The number of rotatable bonds is 6. The first kappa shape index (κ1) is 26.4. The van der Waals surface area contributed by atoms with Gasteiger partial charge in [-0.2, -0.15) is 0 Å². The number of benzene rings is 2. The second-order valence-corrected chi connectivity index (χ2v) is 9.95. The maximum absolute atomic E-state index is 13.3. The lowest BCUT2D eigenvalue weighted by Crippen LogP contribution is -2.48. The number of ether oxygens (including phenoxy) is 3. The minimum atomic E-state index is -0.393. The van der Waals surface area contributed by atoms with Crippen molar-refractivity contribution in [3.63, 3.8) is 0 Å². The largest absolute Gasteiger partial charge is 0.488 e. The Hall–Kier alpha value is -3.66. The van der Waals surface area contributed by atoms with E-state index in [1.54, 1.807) is 35.0 Å². The number of carbonyl (C=O) groups excluding carboxylic acids is 2. The SMILES string of the molecule is C[C@@H]1CN([C@H](C)CO)C(=O)Cc2cc(N(C)C)ccc2O[C@@H]1CN(C)C(=O)Nc1ccc2c(c1)OCO2. The number of anilines is 2. The van der Waals surface area contributed by atoms with E-state index in [9.17, 15) is 14.7 Å². The van der Waals surface area contributed by atoms with Crippen molar-refractivity contribution in [3.05, 3.63) is 42.0 Å². The summed E-state index contributed by atoms with van der Waals surface area (Å²) in [5.74, 6) is 1.68. The van der Waals surface area contributed by atoms with Crippen molar-refractivity contribution in [2.24, 2.45) is 5.92 Å². The van der Waals surface area contributed by atoms with Crippen molar-refractivity contribution in [2.75, 3.05) is 57.8 Å². The first-order chi connectivity index (χ1) is 17.7. The first-order valence-corrected chi connectivity index (χ1v) is 12.4. The predicted molar refractivity (Wildman–Crippen MR) is 141 cm³/mol. The molecule has 0 saturated heterocycles. The molecule has 2 heterocycles. The molecular weight excluding hydrogens is 476 g/mol. The van der Waals surface area contributed by atoms with Gasteiger partial charge in [-0.15, -0.1) is 0 Å². The third-order valence-corrected chi connectivity index (χ3v) is 6.84. The third kappa shape index (κ3) is 6.02. The number of fused-ring (bicyclic) bond motifs is 2. The summed E-state index contributed by atoms with van der Waals surface area (Å²) in [5, 5.41) is 12.7. The Labute approximate surface area is 217 Å². The van der Waals surface area contributed by atoms with E-state index in [-0.39, 0.29) is 43.7 Å². The van der Waals surface area contributed by atoms with E-state index < -0.39 is 6.10 Å². The highest BCUT2D eigenvalue weighted by molar-refractivity contribution is 5.89. The van der Waals surface area contributed by atoms with Gasteiger partial charge in [-0.1, -0.05) is 6.92 Å². The summed E-state index contributed by atoms with van der Waals surface area (Å²) in [6, 6.07) is 10.4. The Balaban J connectivity index is 1.55. The van der Waals surface area contributed by atoms with Crippen molar-refractivity contribution < 1.29 is 28.9 Å². The van der Waals surface area contributed by atoms with Crippen molar-refractivity contribution in [2.45, 2.75) is 32.4 Å². The van der Waals surface area contributed by atoms with Gasteiger partial charge < -0.3 is 39.3 Å². The molecule has 200 valence electrons. The number of urea groups is 1. The summed E-state index contributed by atoms with van der Waals surface area (Å²) in [7, 11) is 5.59. The smallest absolute Gasteiger partial charge is 0.321 e. The zero-order valence-corrected chi connectivity index (χ0v) is 22.1. The Bertz CT molecular complexity index is 1140. The van der Waals surface area contributed by atoms with Crippen LogP contribution in [0, 0.1) is 5.92 Å². The summed E-state index contributed by atoms with van der Waals surface area (Å²) in [5.41, 5.74) is 2.33. The monoisotopic (exact) mass is 512 g/mol. The van der Waals surface area contributed by atoms with Gasteiger partial charge in [-0.3, -0.25) is 4.79 Å². The van der Waals surface area contributed by atoms with E-state index >= 15 is 0 Å². The van der Waals surface area contributed by atoms with E-state index in [0.717, 1.165) is 11.3 Å². The Morgan fingerprint density at radius 2 is 1.86 bits per heavy atom. The average Bonchev–Trinajstić information content (AvgIpc) is 3.35. The van der Waals surface area contributed by atoms with Crippen LogP contribution >= 0.6 is 0 Å². The number of amides is 3. The average molecular weight is 513 g/mol. The molecule has 0 fully saturated rings. The number of hydrogen-bond acceptors (Lipinski definition) is 7. The van der Waals surface area contributed by atoms with E-state index in [1.165, 1.54) is 0 Å². The minimum absolute atomic E-state index is 0.0660. The van der Waals surface area contributed by atoms with Gasteiger partial charge in [0.25, 0.3) is 0 Å². The highest BCUT2D eigenvalue weighted by Crippen LogP contribution is 2.34. The van der Waals surface area contributed by atoms with Gasteiger partial charge in [0, 0.05) is 56.6 Å². The van der Waals surface area contributed by atoms with E-state index in [1.807, 2.05) is 51.0 Å². The van der Waals surface area contributed by atoms with Crippen LogP contribution in [0.2, 0.25) is 0 Å². The maximum Gasteiger partial charge on any atom is 0.321 e. The normalized spacial score (nSPS) is 19.6. The third-order valence-electron chi connectivity index (χ3n) is 6.84. The van der Waals surface area contributed by atoms with Gasteiger partial charge in [-0.25, -0.2) is 4.79 Å². The van der Waals surface area contributed by atoms with Crippen LogP contribution in [-0.4, -0.2) is 86.6 Å². The summed E-state index contributed by atoms with van der Waals surface area (Å²) < 4.78 is 17.2. The van der Waals surface area contributed by atoms with E-state index in [4.69, 9.17) is 14.2 Å². The molecule has 37 heavy (non-hydrogen) atoms. The lowest BCUT2D eigenvalue weighted by molar-refractivity contribution is -0.134. The fraction of sp³-hybridized carbons (Fsp3) is 0.481. The zero-order chi connectivity index (χ0) is 26.7. The molecule has 0 bridgehead atoms. The molecule has 2 N–H and O–H groups in total. The van der Waals surface area contributed by atoms with Crippen LogP contribution in [0.25, 0.3) is 0 Å². The van der Waals surface area contributed by atoms with Gasteiger partial charge in [0.15, 0.2) is 11.5 Å². The molecular formula is C27H36N4O6. The molecule has 2 aromatic carbocycles. The van der Waals surface area contributed by atoms with Gasteiger partial charge in [0.2, 0.25) is 12.7 Å². The predicted octanol–water partition coefficient (Wildman–Crippen LogP) is 2.79. The molecule has 2 aromatic rings. The quantitative estimate of drug-likeness (QED) is 0.614. The number of carbonyl (C=O) groups is 2. The van der Waals surface area contributed by atoms with Crippen LogP contribution in [0.15, 0.2) is 36.4 Å². The molecule has 2 aliphatic heterocycles. The van der Waals surface area contributed by atoms with E-state index in [0.29, 0.717) is 36.0 Å². The van der Waals surface area contributed by atoms with Crippen LogP contribution in [0.1, 0.15) is 19.4 Å². The molecule has 0 saturated carbocycles. The summed E-state index contributed by atoms with van der Waals surface area (Å²) >= 11 is 0. The van der Waals surface area contributed by atoms with Crippen LogP contribution in [0.5, 0.6) is 17.2 Å². The van der Waals surface area contributed by atoms with Crippen LogP contribution in [-0.2, 0) is 11.2 Å². The minimum Gasteiger partial charge on any atom is -0.488 e. The Morgan fingerprint density at radius 3 is 2.59 bits per heavy atom.